The molecule has 0 aliphatic rings. The van der Waals surface area contributed by atoms with Crippen LogP contribution in [-0.4, -0.2) is 16.7 Å². The van der Waals surface area contributed by atoms with E-state index in [0.717, 1.165) is 17.0 Å². The van der Waals surface area contributed by atoms with E-state index in [4.69, 9.17) is 10.5 Å². The van der Waals surface area contributed by atoms with Crippen LogP contribution in [-0.2, 0) is 12.0 Å². The molecular formula is C15H21N3O. The number of nitrogens with zero attached hydrogens (tertiary/aromatic N) is 2. The van der Waals surface area contributed by atoms with Crippen LogP contribution in [0.5, 0.6) is 5.75 Å². The van der Waals surface area contributed by atoms with Crippen molar-refractivity contribution in [3.05, 3.63) is 41.7 Å². The van der Waals surface area contributed by atoms with Crippen molar-refractivity contribution in [2.24, 2.45) is 0 Å². The molecule has 4 nitrogen and oxygen atoms in total. The van der Waals surface area contributed by atoms with Crippen molar-refractivity contribution in [2.75, 3.05) is 12.8 Å². The number of hydrogen-bond acceptors (Lipinski definition) is 3. The van der Waals surface area contributed by atoms with Gasteiger partial charge in [0.05, 0.1) is 19.3 Å². The molecule has 2 aromatic rings. The number of methoxy groups -OCH3 is 1. The third kappa shape index (κ3) is 2.89. The molecule has 1 heterocycles. The van der Waals surface area contributed by atoms with Gasteiger partial charge in [-0.15, -0.1) is 0 Å². The van der Waals surface area contributed by atoms with Gasteiger partial charge in [0.25, 0.3) is 0 Å². The molecule has 0 fully saturated rings. The largest absolute Gasteiger partial charge is 0.496 e. The van der Waals surface area contributed by atoms with E-state index in [-0.39, 0.29) is 5.41 Å². The van der Waals surface area contributed by atoms with Crippen LogP contribution >= 0.6 is 0 Å². The highest BCUT2D eigenvalue weighted by Gasteiger charge is 2.19. The molecule has 0 bridgehead atoms. The normalized spacial score (nSPS) is 11.6. The van der Waals surface area contributed by atoms with Gasteiger partial charge in [-0.2, -0.15) is 0 Å². The Morgan fingerprint density at radius 2 is 1.95 bits per heavy atom. The molecular weight excluding hydrogens is 238 g/mol. The maximum absolute atomic E-state index is 5.99. The number of nitrogen functional groups attached to an aromatic ring is 1. The van der Waals surface area contributed by atoms with Gasteiger partial charge in [0.15, 0.2) is 0 Å². The molecule has 19 heavy (non-hydrogen) atoms. The minimum atomic E-state index is 0.000143. The molecule has 0 saturated carbocycles. The second-order valence-corrected chi connectivity index (χ2v) is 5.67. The first kappa shape index (κ1) is 13.5. The van der Waals surface area contributed by atoms with E-state index >= 15 is 0 Å². The molecule has 0 radical (unpaired) electrons. The topological polar surface area (TPSA) is 53.1 Å². The molecule has 1 aromatic carbocycles. The second-order valence-electron chi connectivity index (χ2n) is 5.67. The molecule has 2 N–H and O–H groups in total. The zero-order valence-electron chi connectivity index (χ0n) is 12.0. The average Bonchev–Trinajstić information content (AvgIpc) is 2.72. The van der Waals surface area contributed by atoms with Crippen molar-refractivity contribution in [1.82, 2.24) is 9.55 Å². The zero-order valence-corrected chi connectivity index (χ0v) is 12.0. The fourth-order valence-corrected chi connectivity index (χ4v) is 1.94. The summed E-state index contributed by atoms with van der Waals surface area (Å²) in [5.74, 6) is 1.41. The summed E-state index contributed by atoms with van der Waals surface area (Å²) in [5.41, 5.74) is 8.08. The molecule has 1 aromatic heterocycles. The predicted octanol–water partition coefficient (Wildman–Crippen LogP) is 2.82. The van der Waals surface area contributed by atoms with Crippen LogP contribution in [0.2, 0.25) is 0 Å². The number of rotatable bonds is 3. The van der Waals surface area contributed by atoms with E-state index in [2.05, 4.69) is 25.8 Å². The molecule has 0 spiro atoms. The fraction of sp³-hybridized carbons (Fsp3) is 0.400. The quantitative estimate of drug-likeness (QED) is 0.922. The first-order valence-electron chi connectivity index (χ1n) is 6.37. The Bertz CT molecular complexity index is 567. The van der Waals surface area contributed by atoms with Crippen LogP contribution in [0, 0.1) is 0 Å². The SMILES string of the molecule is COc1ccccc1Cn1cc(C(C)(C)C)nc1N. The highest BCUT2D eigenvalue weighted by molar-refractivity contribution is 5.35. The van der Waals surface area contributed by atoms with Crippen molar-refractivity contribution in [3.63, 3.8) is 0 Å². The summed E-state index contributed by atoms with van der Waals surface area (Å²) in [4.78, 5) is 4.43. The summed E-state index contributed by atoms with van der Waals surface area (Å²) < 4.78 is 7.31. The summed E-state index contributed by atoms with van der Waals surface area (Å²) in [6.45, 7) is 7.05. The minimum Gasteiger partial charge on any atom is -0.496 e. The number of hydrogen-bond donors (Lipinski definition) is 1. The van der Waals surface area contributed by atoms with Crippen molar-refractivity contribution >= 4 is 5.95 Å². The molecule has 0 aliphatic heterocycles. The van der Waals surface area contributed by atoms with Crippen molar-refractivity contribution < 1.29 is 4.74 Å². The lowest BCUT2D eigenvalue weighted by Gasteiger charge is -2.14. The number of imidazole rings is 1. The van der Waals surface area contributed by atoms with E-state index in [1.54, 1.807) is 7.11 Å². The van der Waals surface area contributed by atoms with Gasteiger partial charge in [0.2, 0.25) is 5.95 Å². The van der Waals surface area contributed by atoms with Crippen LogP contribution in [0.1, 0.15) is 32.0 Å². The van der Waals surface area contributed by atoms with Gasteiger partial charge >= 0.3 is 0 Å². The maximum Gasteiger partial charge on any atom is 0.200 e. The lowest BCUT2D eigenvalue weighted by molar-refractivity contribution is 0.408. The highest BCUT2D eigenvalue weighted by Crippen LogP contribution is 2.24. The molecule has 2 rings (SSSR count). The summed E-state index contributed by atoms with van der Waals surface area (Å²) in [6.07, 6.45) is 2.02. The fourth-order valence-electron chi connectivity index (χ4n) is 1.94. The van der Waals surface area contributed by atoms with Gasteiger partial charge < -0.3 is 15.0 Å². The van der Waals surface area contributed by atoms with Crippen LogP contribution in [0.3, 0.4) is 0 Å². The number of para-hydroxylation sites is 1. The van der Waals surface area contributed by atoms with Crippen LogP contribution < -0.4 is 10.5 Å². The Morgan fingerprint density at radius 3 is 2.53 bits per heavy atom. The van der Waals surface area contributed by atoms with Crippen LogP contribution in [0.15, 0.2) is 30.5 Å². The third-order valence-corrected chi connectivity index (χ3v) is 3.11. The smallest absolute Gasteiger partial charge is 0.200 e. The van der Waals surface area contributed by atoms with Gasteiger partial charge in [-0.3, -0.25) is 0 Å². The Balaban J connectivity index is 2.31. The number of anilines is 1. The van der Waals surface area contributed by atoms with Gasteiger partial charge in [-0.25, -0.2) is 4.98 Å². The van der Waals surface area contributed by atoms with E-state index in [1.807, 2.05) is 35.0 Å². The second kappa shape index (κ2) is 4.96. The van der Waals surface area contributed by atoms with Gasteiger partial charge in [0, 0.05) is 17.2 Å². The van der Waals surface area contributed by atoms with Crippen LogP contribution in [0.4, 0.5) is 5.95 Å². The van der Waals surface area contributed by atoms with E-state index in [1.165, 1.54) is 0 Å². The molecule has 0 amide bonds. The third-order valence-electron chi connectivity index (χ3n) is 3.11. The zero-order chi connectivity index (χ0) is 14.0. The monoisotopic (exact) mass is 259 g/mol. The van der Waals surface area contributed by atoms with Crippen LogP contribution in [0.25, 0.3) is 0 Å². The standard InChI is InChI=1S/C15H21N3O/c1-15(2,3)13-10-18(14(16)17-13)9-11-7-5-6-8-12(11)19-4/h5-8,10H,9H2,1-4H3,(H2,16,17). The minimum absolute atomic E-state index is 0.000143. The molecule has 0 atom stereocenters. The Labute approximate surface area is 114 Å². The van der Waals surface area contributed by atoms with E-state index < -0.39 is 0 Å². The Morgan fingerprint density at radius 1 is 1.26 bits per heavy atom. The number of aromatic nitrogens is 2. The van der Waals surface area contributed by atoms with Gasteiger partial charge in [-0.1, -0.05) is 39.0 Å². The summed E-state index contributed by atoms with van der Waals surface area (Å²) >= 11 is 0. The number of ether oxygens (including phenoxy) is 1. The summed E-state index contributed by atoms with van der Waals surface area (Å²) in [5, 5.41) is 0. The molecule has 0 unspecified atom stereocenters. The molecule has 0 aliphatic carbocycles. The number of benzene rings is 1. The maximum atomic E-state index is 5.99. The van der Waals surface area contributed by atoms with E-state index in [9.17, 15) is 0 Å². The molecule has 0 saturated heterocycles. The van der Waals surface area contributed by atoms with Crippen molar-refractivity contribution in [3.8, 4) is 5.75 Å². The number of nitrogens with two attached hydrogens (primary N) is 1. The highest BCUT2D eigenvalue weighted by atomic mass is 16.5. The Kier molecular flexibility index (Phi) is 3.51. The predicted molar refractivity (Wildman–Crippen MR) is 77.4 cm³/mol. The van der Waals surface area contributed by atoms with Gasteiger partial charge in [-0.05, 0) is 6.07 Å². The molecule has 4 heteroatoms. The summed E-state index contributed by atoms with van der Waals surface area (Å²) in [6, 6.07) is 7.94. The van der Waals surface area contributed by atoms with E-state index in [0.29, 0.717) is 12.5 Å². The average molecular weight is 259 g/mol. The first-order chi connectivity index (χ1) is 8.91. The lowest BCUT2D eigenvalue weighted by Crippen LogP contribution is -2.11. The summed E-state index contributed by atoms with van der Waals surface area (Å²) in [7, 11) is 1.68. The first-order valence-corrected chi connectivity index (χ1v) is 6.37. The molecule has 102 valence electrons. The van der Waals surface area contributed by atoms with Crippen molar-refractivity contribution in [1.29, 1.82) is 0 Å². The van der Waals surface area contributed by atoms with Gasteiger partial charge in [0.1, 0.15) is 5.75 Å². The lowest BCUT2D eigenvalue weighted by atomic mass is 9.93. The Hall–Kier alpha value is -1.97. The van der Waals surface area contributed by atoms with Crippen molar-refractivity contribution in [2.45, 2.75) is 32.7 Å².